The van der Waals surface area contributed by atoms with Crippen molar-refractivity contribution in [3.05, 3.63) is 54.5 Å². The second-order valence-electron chi connectivity index (χ2n) is 3.56. The van der Waals surface area contributed by atoms with Gasteiger partial charge in [0.2, 0.25) is 0 Å². The Kier molecular flexibility index (Phi) is 2.67. The summed E-state index contributed by atoms with van der Waals surface area (Å²) >= 11 is 0. The fraction of sp³-hybridized carbons (Fsp3) is 0. The summed E-state index contributed by atoms with van der Waals surface area (Å²) in [5, 5.41) is 9.65. The lowest BCUT2D eigenvalue weighted by atomic mass is 10.3. The van der Waals surface area contributed by atoms with Crippen LogP contribution in [0, 0.1) is 0 Å². The maximum Gasteiger partial charge on any atom is 0.193 e. The van der Waals surface area contributed by atoms with Gasteiger partial charge in [0.1, 0.15) is 12.0 Å². The molecule has 0 fully saturated rings. The van der Waals surface area contributed by atoms with Gasteiger partial charge in [-0.2, -0.15) is 0 Å². The van der Waals surface area contributed by atoms with Gasteiger partial charge in [-0.15, -0.1) is 10.2 Å². The molecule has 0 atom stereocenters. The van der Waals surface area contributed by atoms with E-state index in [1.165, 1.54) is 0 Å². The molecule has 2 aromatic rings. The molecule has 0 aromatic carbocycles. The monoisotopic (exact) mass is 238 g/mol. The van der Waals surface area contributed by atoms with E-state index >= 15 is 0 Å². The molecular formula is C12H10N6. The highest BCUT2D eigenvalue weighted by molar-refractivity contribution is 6.01. The number of aromatic nitrogens is 2. The first-order valence-electron chi connectivity index (χ1n) is 5.43. The molecule has 0 spiro atoms. The van der Waals surface area contributed by atoms with Gasteiger partial charge in [-0.1, -0.05) is 12.1 Å². The van der Waals surface area contributed by atoms with Crippen molar-refractivity contribution in [3.8, 4) is 0 Å². The van der Waals surface area contributed by atoms with Crippen molar-refractivity contribution < 1.29 is 0 Å². The summed E-state index contributed by atoms with van der Waals surface area (Å²) in [5.41, 5.74) is 3.83. The zero-order valence-electron chi connectivity index (χ0n) is 9.43. The van der Waals surface area contributed by atoms with E-state index in [0.29, 0.717) is 5.84 Å². The summed E-state index contributed by atoms with van der Waals surface area (Å²) in [6.45, 7) is 0. The third-order valence-electron chi connectivity index (χ3n) is 2.35. The van der Waals surface area contributed by atoms with Crippen molar-refractivity contribution in [2.75, 3.05) is 5.01 Å². The van der Waals surface area contributed by atoms with Crippen LogP contribution < -0.4 is 10.4 Å². The summed E-state index contributed by atoms with van der Waals surface area (Å²) in [4.78, 5) is 8.44. The molecule has 1 N–H and O–H groups in total. The summed E-state index contributed by atoms with van der Waals surface area (Å²) in [7, 11) is 0. The van der Waals surface area contributed by atoms with Gasteiger partial charge in [-0.3, -0.25) is 10.4 Å². The molecule has 2 aromatic heterocycles. The van der Waals surface area contributed by atoms with Crippen LogP contribution >= 0.6 is 0 Å². The summed E-state index contributed by atoms with van der Waals surface area (Å²) in [6.07, 6.45) is 4.99. The van der Waals surface area contributed by atoms with Gasteiger partial charge < -0.3 is 0 Å². The van der Waals surface area contributed by atoms with E-state index in [1.807, 2.05) is 36.4 Å². The lowest BCUT2D eigenvalue weighted by molar-refractivity contribution is 0.903. The molecule has 1 aliphatic rings. The van der Waals surface area contributed by atoms with Crippen LogP contribution in [0.1, 0.15) is 5.69 Å². The second-order valence-corrected chi connectivity index (χ2v) is 3.56. The molecule has 0 amide bonds. The predicted molar refractivity (Wildman–Crippen MR) is 69.1 cm³/mol. The molecule has 0 aliphatic carbocycles. The highest BCUT2D eigenvalue weighted by Gasteiger charge is 2.13. The van der Waals surface area contributed by atoms with E-state index in [4.69, 9.17) is 0 Å². The lowest BCUT2D eigenvalue weighted by Crippen LogP contribution is -2.44. The Labute approximate surface area is 104 Å². The van der Waals surface area contributed by atoms with Crippen LogP contribution in [0.15, 0.2) is 59.0 Å². The topological polar surface area (TPSA) is 65.8 Å². The van der Waals surface area contributed by atoms with Gasteiger partial charge in [0.05, 0.1) is 0 Å². The molecule has 0 saturated carbocycles. The number of pyridine rings is 2. The predicted octanol–water partition coefficient (Wildman–Crippen LogP) is 1.19. The number of rotatable bonds is 2. The van der Waals surface area contributed by atoms with E-state index in [2.05, 4.69) is 25.6 Å². The molecule has 0 radical (unpaired) electrons. The maximum atomic E-state index is 4.23. The third-order valence-corrected chi connectivity index (χ3v) is 2.35. The number of amidine groups is 1. The van der Waals surface area contributed by atoms with Gasteiger partial charge in [0.25, 0.3) is 0 Å². The molecule has 0 unspecified atom stereocenters. The highest BCUT2D eigenvalue weighted by Crippen LogP contribution is 2.08. The Morgan fingerprint density at radius 2 is 1.78 bits per heavy atom. The Bertz CT molecular complexity index is 578. The van der Waals surface area contributed by atoms with Crippen molar-refractivity contribution in [1.29, 1.82) is 0 Å². The molecule has 18 heavy (non-hydrogen) atoms. The van der Waals surface area contributed by atoms with Crippen LogP contribution in [0.25, 0.3) is 0 Å². The van der Waals surface area contributed by atoms with Crippen LogP contribution in [0.4, 0.5) is 5.82 Å². The van der Waals surface area contributed by atoms with Crippen molar-refractivity contribution in [1.82, 2.24) is 15.4 Å². The molecule has 0 saturated heterocycles. The van der Waals surface area contributed by atoms with E-state index in [-0.39, 0.29) is 0 Å². The van der Waals surface area contributed by atoms with Crippen molar-refractivity contribution >= 4 is 18.0 Å². The number of nitrogens with one attached hydrogen (secondary N) is 1. The minimum Gasteiger partial charge on any atom is -0.271 e. The van der Waals surface area contributed by atoms with E-state index in [1.54, 1.807) is 23.7 Å². The molecule has 3 heterocycles. The molecule has 88 valence electrons. The zero-order valence-corrected chi connectivity index (χ0v) is 9.43. The smallest absolute Gasteiger partial charge is 0.193 e. The molecule has 6 nitrogen and oxygen atoms in total. The first-order chi connectivity index (χ1) is 8.93. The van der Waals surface area contributed by atoms with Crippen molar-refractivity contribution in [2.45, 2.75) is 0 Å². The average Bonchev–Trinajstić information content (AvgIpc) is 2.49. The molecule has 6 heteroatoms. The second kappa shape index (κ2) is 4.62. The van der Waals surface area contributed by atoms with Crippen molar-refractivity contribution in [2.24, 2.45) is 10.2 Å². The Morgan fingerprint density at radius 3 is 2.50 bits per heavy atom. The largest absolute Gasteiger partial charge is 0.271 e. The SMILES string of the molecule is C1=NN=C(c2ccccn2)NN1c1ccccn1. The first-order valence-corrected chi connectivity index (χ1v) is 5.43. The van der Waals surface area contributed by atoms with E-state index in [9.17, 15) is 0 Å². The van der Waals surface area contributed by atoms with Crippen molar-refractivity contribution in [3.63, 3.8) is 0 Å². The van der Waals surface area contributed by atoms with E-state index in [0.717, 1.165) is 11.5 Å². The number of anilines is 1. The molecular weight excluding hydrogens is 228 g/mol. The van der Waals surface area contributed by atoms with Gasteiger partial charge in [-0.05, 0) is 24.3 Å². The number of nitrogens with zero attached hydrogens (tertiary/aromatic N) is 5. The maximum absolute atomic E-state index is 4.23. The number of hydrogen-bond donors (Lipinski definition) is 1. The highest BCUT2D eigenvalue weighted by atomic mass is 15.6. The third kappa shape index (κ3) is 2.03. The van der Waals surface area contributed by atoms with Gasteiger partial charge in [0.15, 0.2) is 11.7 Å². The minimum absolute atomic E-state index is 0.587. The van der Waals surface area contributed by atoms with Crippen LogP contribution in [0.2, 0.25) is 0 Å². The first kappa shape index (κ1) is 10.4. The molecule has 0 bridgehead atoms. The number of hydrazine groups is 1. The van der Waals surface area contributed by atoms with Crippen LogP contribution in [0.3, 0.4) is 0 Å². The van der Waals surface area contributed by atoms with E-state index < -0.39 is 0 Å². The standard InChI is InChI=1S/C12H10N6/c1-3-7-13-10(5-1)12-16-15-9-18(17-12)11-6-2-4-8-14-11/h1-9H,(H,16,17). The van der Waals surface area contributed by atoms with Crippen LogP contribution in [-0.2, 0) is 0 Å². The normalized spacial score (nSPS) is 14.0. The zero-order chi connectivity index (χ0) is 12.2. The van der Waals surface area contributed by atoms with Crippen LogP contribution in [0.5, 0.6) is 0 Å². The Balaban J connectivity index is 1.85. The fourth-order valence-corrected chi connectivity index (χ4v) is 1.52. The minimum atomic E-state index is 0.587. The molecule has 1 aliphatic heterocycles. The number of hydrogen-bond acceptors (Lipinski definition) is 6. The quantitative estimate of drug-likeness (QED) is 0.853. The van der Waals surface area contributed by atoms with Gasteiger partial charge in [-0.25, -0.2) is 9.99 Å². The van der Waals surface area contributed by atoms with Gasteiger partial charge >= 0.3 is 0 Å². The molecule has 3 rings (SSSR count). The average molecular weight is 238 g/mol. The summed E-state index contributed by atoms with van der Waals surface area (Å²) in [6, 6.07) is 11.3. The Morgan fingerprint density at radius 1 is 0.944 bits per heavy atom. The lowest BCUT2D eigenvalue weighted by Gasteiger charge is -2.22. The fourth-order valence-electron chi connectivity index (χ4n) is 1.52. The summed E-state index contributed by atoms with van der Waals surface area (Å²) < 4.78 is 0. The van der Waals surface area contributed by atoms with Crippen LogP contribution in [-0.4, -0.2) is 22.1 Å². The summed E-state index contributed by atoms with van der Waals surface area (Å²) in [5.74, 6) is 1.33. The Hall–Kier alpha value is -2.76. The van der Waals surface area contributed by atoms with Gasteiger partial charge in [0, 0.05) is 12.4 Å².